The zero-order valence-electron chi connectivity index (χ0n) is 56.4. The number of nitrogens with two attached hydrogens (primary N) is 1. The lowest BCUT2D eigenvalue weighted by atomic mass is 9.89. The smallest absolute Gasteiger partial charge is 0.408 e. The van der Waals surface area contributed by atoms with Crippen LogP contribution in [0.1, 0.15) is 139 Å². The molecule has 1 unspecified atom stereocenters. The molecular formula is C66H108N10O13. The first kappa shape index (κ1) is 76.4. The first-order valence-electron chi connectivity index (χ1n) is 31.5. The molecule has 0 bridgehead atoms. The lowest BCUT2D eigenvalue weighted by Gasteiger charge is -2.41. The number of hydrogen-bond donors (Lipinski definition) is 6. The number of benzene rings is 2. The van der Waals surface area contributed by atoms with Gasteiger partial charge in [-0.1, -0.05) is 111 Å². The van der Waals surface area contributed by atoms with Gasteiger partial charge >= 0.3 is 18.1 Å². The maximum Gasteiger partial charge on any atom is 0.408 e. The molecule has 23 heteroatoms. The van der Waals surface area contributed by atoms with Crippen LogP contribution in [0.3, 0.4) is 0 Å². The maximum absolute atomic E-state index is 15.0. The molecule has 1 aliphatic heterocycles. The molecule has 500 valence electrons. The molecule has 1 aliphatic rings. The van der Waals surface area contributed by atoms with Crippen LogP contribution in [0.15, 0.2) is 54.6 Å². The number of anilines is 1. The SMILES string of the molecule is CC[C@H](C)[C@@H]([C@@H](CC(=O)N1CCC[C@H]1[C@H](OC)[C@@H](C)C(=O)N[C@@H](Cc1ccccc1)C(=O)OC)OC)N(C)C(=O)[C@H](CC(C)C)NC(=O)[C@H](C(C)C)N(C)CCc1ccc(N(C)C(=O)C(CCCNC(N)=O)NC(=O)[C@@H](NC(=O)OC(C)(C)C)C(C)C)cc1. The number of amides is 9. The molecule has 0 aromatic heterocycles. The van der Waals surface area contributed by atoms with Gasteiger partial charge in [-0.2, -0.15) is 0 Å². The van der Waals surface area contributed by atoms with E-state index in [1.807, 2.05) is 96.0 Å². The average Bonchev–Trinajstić information content (AvgIpc) is 2.47. The van der Waals surface area contributed by atoms with E-state index in [1.54, 1.807) is 77.6 Å². The van der Waals surface area contributed by atoms with Crippen molar-refractivity contribution in [2.45, 2.75) is 201 Å². The monoisotopic (exact) mass is 1250 g/mol. The molecule has 23 nitrogen and oxygen atoms in total. The topological polar surface area (TPSA) is 290 Å². The summed E-state index contributed by atoms with van der Waals surface area (Å²) in [6.07, 6.45) is 1.24. The van der Waals surface area contributed by atoms with Gasteiger partial charge in [0.1, 0.15) is 29.8 Å². The number of methoxy groups -OCH3 is 3. The third-order valence-electron chi connectivity index (χ3n) is 16.7. The summed E-state index contributed by atoms with van der Waals surface area (Å²) in [6.45, 7) is 23.4. The molecule has 11 atom stereocenters. The van der Waals surface area contributed by atoms with E-state index in [-0.39, 0.29) is 67.2 Å². The van der Waals surface area contributed by atoms with E-state index in [9.17, 15) is 43.2 Å². The summed E-state index contributed by atoms with van der Waals surface area (Å²) in [5, 5.41) is 14.0. The second-order valence-corrected chi connectivity index (χ2v) is 25.9. The van der Waals surface area contributed by atoms with E-state index in [0.717, 1.165) is 11.1 Å². The minimum atomic E-state index is -1.03. The fourth-order valence-electron chi connectivity index (χ4n) is 11.7. The van der Waals surface area contributed by atoms with Crippen LogP contribution in [0.5, 0.6) is 0 Å². The van der Waals surface area contributed by atoms with Crippen LogP contribution in [0.4, 0.5) is 15.3 Å². The standard InChI is InChI=1S/C66H108N10O13/c1-19-43(8)56(52(86-16)39-53(77)76-35-24-28-51(76)57(87-17)44(9)58(78)71-50(63(83)88-18)38-46-25-21-20-22-26-46)75(15)62(82)49(37-40(2)3)70-60(80)55(42(6)7)73(13)36-33-45-29-31-47(32-30-45)74(14)61(81)48(27-23-34-68-64(67)84)69-59(79)54(41(4)5)72-65(85)89-66(10,11)12/h20-22,25-26,29-32,40-44,48-52,54-57H,19,23-24,27-28,33-39H2,1-18H3,(H,69,79)(H,70,80)(H,71,78)(H,72,85)(H3,67,68,84)/t43-,44+,48?,49-,50-,51-,52+,54-,55-,56-,57+/m0/s1. The van der Waals surface area contributed by atoms with Crippen molar-refractivity contribution in [3.05, 3.63) is 65.7 Å². The molecule has 7 N–H and O–H groups in total. The van der Waals surface area contributed by atoms with Crippen LogP contribution in [-0.2, 0) is 65.4 Å². The van der Waals surface area contributed by atoms with Gasteiger partial charge in [-0.15, -0.1) is 0 Å². The number of nitrogens with zero attached hydrogens (tertiary/aromatic N) is 4. The van der Waals surface area contributed by atoms with Crippen LogP contribution in [-0.4, -0.2) is 190 Å². The van der Waals surface area contributed by atoms with Crippen molar-refractivity contribution in [2.75, 3.05) is 67.0 Å². The van der Waals surface area contributed by atoms with E-state index in [0.29, 0.717) is 57.3 Å². The first-order chi connectivity index (χ1) is 41.8. The molecule has 3 rings (SSSR count). The Morgan fingerprint density at radius 3 is 1.89 bits per heavy atom. The highest BCUT2D eigenvalue weighted by Crippen LogP contribution is 2.30. The molecule has 2 aromatic carbocycles. The van der Waals surface area contributed by atoms with Gasteiger partial charge in [-0.25, -0.2) is 14.4 Å². The Morgan fingerprint density at radius 2 is 1.35 bits per heavy atom. The molecule has 89 heavy (non-hydrogen) atoms. The van der Waals surface area contributed by atoms with Gasteiger partial charge in [0.2, 0.25) is 35.4 Å². The fraction of sp³-hybridized carbons (Fsp3) is 0.682. The number of nitrogens with one attached hydrogen (secondary N) is 5. The zero-order valence-corrected chi connectivity index (χ0v) is 56.4. The van der Waals surface area contributed by atoms with Crippen molar-refractivity contribution >= 4 is 59.2 Å². The first-order valence-corrected chi connectivity index (χ1v) is 31.5. The maximum atomic E-state index is 15.0. The number of esters is 1. The lowest BCUT2D eigenvalue weighted by molar-refractivity contribution is -0.148. The largest absolute Gasteiger partial charge is 0.467 e. The fourth-order valence-corrected chi connectivity index (χ4v) is 11.7. The molecule has 1 fully saturated rings. The van der Waals surface area contributed by atoms with Crippen LogP contribution in [0.25, 0.3) is 0 Å². The van der Waals surface area contributed by atoms with Crippen LogP contribution in [0.2, 0.25) is 0 Å². The van der Waals surface area contributed by atoms with E-state index >= 15 is 0 Å². The Labute approximate surface area is 529 Å². The van der Waals surface area contributed by atoms with Crippen molar-refractivity contribution in [3.8, 4) is 0 Å². The van der Waals surface area contributed by atoms with Gasteiger partial charge in [0.05, 0.1) is 49.8 Å². The molecule has 1 saturated heterocycles. The highest BCUT2D eigenvalue weighted by atomic mass is 16.6. The van der Waals surface area contributed by atoms with E-state index < -0.39 is 102 Å². The second kappa shape index (κ2) is 36.7. The number of urea groups is 1. The highest BCUT2D eigenvalue weighted by molar-refractivity contribution is 6.00. The Morgan fingerprint density at radius 1 is 0.730 bits per heavy atom. The number of alkyl carbamates (subject to hydrolysis) is 1. The van der Waals surface area contributed by atoms with Crippen LogP contribution < -0.4 is 37.2 Å². The minimum absolute atomic E-state index is 0.0214. The molecule has 9 amide bonds. The Kier molecular flexibility index (Phi) is 31.5. The third-order valence-corrected chi connectivity index (χ3v) is 16.7. The van der Waals surface area contributed by atoms with Gasteiger partial charge in [0.25, 0.3) is 0 Å². The summed E-state index contributed by atoms with van der Waals surface area (Å²) >= 11 is 0. The van der Waals surface area contributed by atoms with Gasteiger partial charge in [-0.05, 0) is 113 Å². The number of rotatable bonds is 35. The zero-order chi connectivity index (χ0) is 67.0. The average molecular weight is 1250 g/mol. The number of carbonyl (C=O) groups is 9. The number of primary amides is 1. The summed E-state index contributed by atoms with van der Waals surface area (Å²) in [5.41, 5.74) is 6.80. The number of likely N-dealkylation sites (N-methyl/N-ethyl adjacent to an activating group) is 3. The highest BCUT2D eigenvalue weighted by Gasteiger charge is 2.44. The molecule has 0 spiro atoms. The number of likely N-dealkylation sites (tertiary alicyclic amines) is 1. The molecule has 2 aromatic rings. The van der Waals surface area contributed by atoms with Gasteiger partial charge in [-0.3, -0.25) is 33.7 Å². The van der Waals surface area contributed by atoms with E-state index in [4.69, 9.17) is 24.7 Å². The summed E-state index contributed by atoms with van der Waals surface area (Å²) in [6, 6.07) is 10.5. The quantitative estimate of drug-likeness (QED) is 0.0342. The van der Waals surface area contributed by atoms with Crippen molar-refractivity contribution in [1.29, 1.82) is 0 Å². The minimum Gasteiger partial charge on any atom is -0.467 e. The van der Waals surface area contributed by atoms with Crippen molar-refractivity contribution in [1.82, 2.24) is 41.3 Å². The third kappa shape index (κ3) is 23.8. The number of hydrogen-bond acceptors (Lipinski definition) is 14. The Balaban J connectivity index is 1.77. The van der Waals surface area contributed by atoms with Crippen molar-refractivity contribution in [2.24, 2.45) is 35.3 Å². The molecule has 0 saturated carbocycles. The summed E-state index contributed by atoms with van der Waals surface area (Å²) in [4.78, 5) is 130. The predicted octanol–water partition coefficient (Wildman–Crippen LogP) is 5.98. The molecule has 1 heterocycles. The normalized spacial score (nSPS) is 16.8. The molecular weight excluding hydrogens is 1140 g/mol. The van der Waals surface area contributed by atoms with E-state index in [1.165, 1.54) is 26.2 Å². The van der Waals surface area contributed by atoms with Gasteiger partial charge in [0.15, 0.2) is 0 Å². The lowest BCUT2D eigenvalue weighted by Crippen LogP contribution is -2.59. The van der Waals surface area contributed by atoms with Crippen LogP contribution >= 0.6 is 0 Å². The molecule has 0 radical (unpaired) electrons. The number of carbonyl (C=O) groups excluding carboxylic acids is 9. The predicted molar refractivity (Wildman–Crippen MR) is 343 cm³/mol. The van der Waals surface area contributed by atoms with E-state index in [2.05, 4.69) is 26.6 Å². The van der Waals surface area contributed by atoms with Crippen molar-refractivity contribution < 1.29 is 62.1 Å². The van der Waals surface area contributed by atoms with Gasteiger partial charge in [0, 0.05) is 60.1 Å². The van der Waals surface area contributed by atoms with Crippen LogP contribution in [0, 0.1) is 29.6 Å². The Hall–Kier alpha value is -6.85. The second-order valence-electron chi connectivity index (χ2n) is 25.9. The summed E-state index contributed by atoms with van der Waals surface area (Å²) in [5.74, 6) is -4.18. The Bertz CT molecular complexity index is 2600. The molecule has 0 aliphatic carbocycles. The number of ether oxygens (including phenoxy) is 4. The summed E-state index contributed by atoms with van der Waals surface area (Å²) < 4.78 is 22.6. The van der Waals surface area contributed by atoms with Crippen molar-refractivity contribution in [3.63, 3.8) is 0 Å². The van der Waals surface area contributed by atoms with Gasteiger partial charge < -0.3 is 66.0 Å². The summed E-state index contributed by atoms with van der Waals surface area (Å²) in [7, 11) is 9.50.